The van der Waals surface area contributed by atoms with Crippen molar-refractivity contribution < 1.29 is 4.79 Å². The van der Waals surface area contributed by atoms with E-state index in [0.717, 1.165) is 4.57 Å². The van der Waals surface area contributed by atoms with E-state index in [2.05, 4.69) is 10.3 Å². The quantitative estimate of drug-likeness (QED) is 0.749. The number of hydrogen-bond donors (Lipinski definition) is 2. The third-order valence-corrected chi connectivity index (χ3v) is 3.57. The van der Waals surface area contributed by atoms with Gasteiger partial charge in [0.1, 0.15) is 5.65 Å². The average Bonchev–Trinajstić information content (AvgIpc) is 2.54. The van der Waals surface area contributed by atoms with Crippen LogP contribution in [-0.4, -0.2) is 33.1 Å². The highest BCUT2D eigenvalue weighted by Crippen LogP contribution is 2.07. The molecule has 0 spiro atoms. The van der Waals surface area contributed by atoms with Gasteiger partial charge in [-0.3, -0.25) is 18.7 Å². The van der Waals surface area contributed by atoms with Gasteiger partial charge in [-0.2, -0.15) is 0 Å². The number of carbonyl (C=O) groups excluding carboxylic acids is 1. The summed E-state index contributed by atoms with van der Waals surface area (Å²) in [5.74, 6) is -0.170. The molecular weight excluding hydrogens is 286 g/mol. The first-order chi connectivity index (χ1) is 10.4. The van der Waals surface area contributed by atoms with E-state index < -0.39 is 11.2 Å². The first kappa shape index (κ1) is 15.9. The minimum absolute atomic E-state index is 0.158. The van der Waals surface area contributed by atoms with Gasteiger partial charge < -0.3 is 11.1 Å². The highest BCUT2D eigenvalue weighted by atomic mass is 16.2. The maximum Gasteiger partial charge on any atom is 0.332 e. The zero-order valence-corrected chi connectivity index (χ0v) is 12.8. The number of aromatic nitrogens is 3. The van der Waals surface area contributed by atoms with Crippen molar-refractivity contribution in [3.05, 3.63) is 38.7 Å². The Bertz CT molecular complexity index is 837. The Balaban J connectivity index is 2.45. The van der Waals surface area contributed by atoms with Crippen LogP contribution in [0.3, 0.4) is 0 Å². The number of nitrogens with one attached hydrogen (secondary N) is 1. The SMILES string of the molecule is CC(CN)CNC(=O)c1cnc2c(c1)c(=O)n(C)c(=O)n2C. The number of nitrogens with two attached hydrogens (primary N) is 1. The molecule has 0 aliphatic carbocycles. The molecule has 118 valence electrons. The van der Waals surface area contributed by atoms with E-state index in [1.165, 1.54) is 30.9 Å². The Kier molecular flexibility index (Phi) is 4.41. The minimum Gasteiger partial charge on any atom is -0.352 e. The molecule has 0 fully saturated rings. The van der Waals surface area contributed by atoms with E-state index in [-0.39, 0.29) is 28.4 Å². The zero-order valence-electron chi connectivity index (χ0n) is 12.8. The lowest BCUT2D eigenvalue weighted by Crippen LogP contribution is -2.37. The lowest BCUT2D eigenvalue weighted by Gasteiger charge is -2.11. The van der Waals surface area contributed by atoms with Crippen LogP contribution >= 0.6 is 0 Å². The van der Waals surface area contributed by atoms with Crippen LogP contribution < -0.4 is 22.3 Å². The first-order valence-corrected chi connectivity index (χ1v) is 6.90. The zero-order chi connectivity index (χ0) is 16.4. The molecule has 2 aromatic rings. The monoisotopic (exact) mass is 305 g/mol. The third kappa shape index (κ3) is 2.77. The lowest BCUT2D eigenvalue weighted by molar-refractivity contribution is 0.0948. The van der Waals surface area contributed by atoms with Crippen molar-refractivity contribution in [2.75, 3.05) is 13.1 Å². The van der Waals surface area contributed by atoms with E-state index >= 15 is 0 Å². The maximum atomic E-state index is 12.1. The Hall–Kier alpha value is -2.48. The molecule has 0 aliphatic rings. The summed E-state index contributed by atoms with van der Waals surface area (Å²) in [5, 5.41) is 2.96. The highest BCUT2D eigenvalue weighted by Gasteiger charge is 2.13. The molecule has 0 radical (unpaired) electrons. The molecule has 0 saturated heterocycles. The van der Waals surface area contributed by atoms with Crippen LogP contribution in [0.1, 0.15) is 17.3 Å². The number of aryl methyl sites for hydroxylation is 1. The van der Waals surface area contributed by atoms with Gasteiger partial charge in [0.15, 0.2) is 0 Å². The van der Waals surface area contributed by atoms with Crippen molar-refractivity contribution in [2.24, 2.45) is 25.7 Å². The summed E-state index contributed by atoms with van der Waals surface area (Å²) in [4.78, 5) is 40.1. The fraction of sp³-hybridized carbons (Fsp3) is 0.429. The fourth-order valence-electron chi connectivity index (χ4n) is 2.04. The van der Waals surface area contributed by atoms with Crippen LogP contribution in [0.15, 0.2) is 21.9 Å². The summed E-state index contributed by atoms with van der Waals surface area (Å²) in [5.41, 5.74) is 5.08. The van der Waals surface area contributed by atoms with Gasteiger partial charge in [-0.1, -0.05) is 6.92 Å². The molecule has 0 saturated carbocycles. The van der Waals surface area contributed by atoms with E-state index in [9.17, 15) is 14.4 Å². The molecule has 8 nitrogen and oxygen atoms in total. The normalized spacial score (nSPS) is 12.4. The predicted octanol–water partition coefficient (Wildman–Crippen LogP) is -1.04. The molecule has 1 atom stereocenters. The molecule has 1 amide bonds. The molecule has 2 rings (SSSR count). The van der Waals surface area contributed by atoms with Crippen molar-refractivity contribution >= 4 is 16.9 Å². The second-order valence-electron chi connectivity index (χ2n) is 5.35. The van der Waals surface area contributed by atoms with Gasteiger partial charge in [0.05, 0.1) is 10.9 Å². The number of rotatable bonds is 4. The molecule has 0 aromatic carbocycles. The van der Waals surface area contributed by atoms with Crippen molar-refractivity contribution in [1.82, 2.24) is 19.4 Å². The van der Waals surface area contributed by atoms with Crippen LogP contribution in [0.4, 0.5) is 0 Å². The van der Waals surface area contributed by atoms with Gasteiger partial charge in [-0.15, -0.1) is 0 Å². The topological polar surface area (TPSA) is 112 Å². The van der Waals surface area contributed by atoms with E-state index in [1.54, 1.807) is 0 Å². The second-order valence-corrected chi connectivity index (χ2v) is 5.35. The van der Waals surface area contributed by atoms with Crippen molar-refractivity contribution in [3.63, 3.8) is 0 Å². The molecule has 3 N–H and O–H groups in total. The number of amides is 1. The Morgan fingerprint density at radius 1 is 1.36 bits per heavy atom. The largest absolute Gasteiger partial charge is 0.352 e. The van der Waals surface area contributed by atoms with E-state index in [0.29, 0.717) is 13.1 Å². The van der Waals surface area contributed by atoms with E-state index in [4.69, 9.17) is 5.73 Å². The summed E-state index contributed by atoms with van der Waals surface area (Å²) in [7, 11) is 2.92. The Morgan fingerprint density at radius 2 is 2.05 bits per heavy atom. The number of carbonyl (C=O) groups is 1. The third-order valence-electron chi connectivity index (χ3n) is 3.57. The van der Waals surface area contributed by atoms with Gasteiger partial charge in [0.25, 0.3) is 11.5 Å². The summed E-state index contributed by atoms with van der Waals surface area (Å²) in [6.07, 6.45) is 1.35. The maximum absolute atomic E-state index is 12.1. The van der Waals surface area contributed by atoms with Crippen molar-refractivity contribution in [1.29, 1.82) is 0 Å². The minimum atomic E-state index is -0.476. The van der Waals surface area contributed by atoms with Crippen LogP contribution in [0.2, 0.25) is 0 Å². The van der Waals surface area contributed by atoms with Crippen LogP contribution in [0.25, 0.3) is 11.0 Å². The van der Waals surface area contributed by atoms with Crippen LogP contribution in [0, 0.1) is 5.92 Å². The van der Waals surface area contributed by atoms with Crippen molar-refractivity contribution in [3.8, 4) is 0 Å². The van der Waals surface area contributed by atoms with Gasteiger partial charge in [0, 0.05) is 26.8 Å². The molecule has 22 heavy (non-hydrogen) atoms. The Morgan fingerprint density at radius 3 is 2.68 bits per heavy atom. The lowest BCUT2D eigenvalue weighted by atomic mass is 10.1. The summed E-state index contributed by atoms with van der Waals surface area (Å²) in [6, 6.07) is 1.45. The molecule has 2 aromatic heterocycles. The molecule has 0 aliphatic heterocycles. The number of nitrogens with zero attached hydrogens (tertiary/aromatic N) is 3. The first-order valence-electron chi connectivity index (χ1n) is 6.90. The van der Waals surface area contributed by atoms with Crippen LogP contribution in [0.5, 0.6) is 0 Å². The smallest absolute Gasteiger partial charge is 0.332 e. The molecule has 8 heteroatoms. The van der Waals surface area contributed by atoms with Gasteiger partial charge >= 0.3 is 5.69 Å². The summed E-state index contributed by atoms with van der Waals surface area (Å²) < 4.78 is 2.26. The van der Waals surface area contributed by atoms with Gasteiger partial charge in [-0.05, 0) is 18.5 Å². The summed E-state index contributed by atoms with van der Waals surface area (Å²) >= 11 is 0. The van der Waals surface area contributed by atoms with Crippen molar-refractivity contribution in [2.45, 2.75) is 6.92 Å². The number of fused-ring (bicyclic) bond motifs is 1. The molecular formula is C14H19N5O3. The van der Waals surface area contributed by atoms with Gasteiger partial charge in [-0.25, -0.2) is 9.78 Å². The van der Waals surface area contributed by atoms with E-state index in [1.807, 2.05) is 6.92 Å². The molecule has 0 bridgehead atoms. The Labute approximate surface area is 126 Å². The fourth-order valence-corrected chi connectivity index (χ4v) is 2.04. The highest BCUT2D eigenvalue weighted by molar-refractivity contribution is 5.96. The second kappa shape index (κ2) is 6.10. The summed E-state index contributed by atoms with van der Waals surface area (Å²) in [6.45, 7) is 2.84. The number of pyridine rings is 1. The molecule has 2 heterocycles. The molecule has 1 unspecified atom stereocenters. The van der Waals surface area contributed by atoms with Gasteiger partial charge in [0.2, 0.25) is 0 Å². The average molecular weight is 305 g/mol. The standard InChI is InChI=1S/C14H19N5O3/c1-8(5-15)6-17-12(20)9-4-10-11(16-7-9)18(2)14(22)19(3)13(10)21/h4,7-8H,5-6,15H2,1-3H3,(H,17,20). The number of hydrogen-bond acceptors (Lipinski definition) is 5. The predicted molar refractivity (Wildman–Crippen MR) is 82.8 cm³/mol. The van der Waals surface area contributed by atoms with Crippen LogP contribution in [-0.2, 0) is 14.1 Å².